The van der Waals surface area contributed by atoms with Gasteiger partial charge in [-0.25, -0.2) is 4.98 Å². The Morgan fingerprint density at radius 3 is 2.75 bits per heavy atom. The van der Waals surface area contributed by atoms with Crippen LogP contribution in [0, 0.1) is 6.92 Å². The van der Waals surface area contributed by atoms with Crippen molar-refractivity contribution < 1.29 is 9.47 Å². The molecule has 0 spiro atoms. The van der Waals surface area contributed by atoms with Crippen LogP contribution >= 0.6 is 0 Å². The maximum absolute atomic E-state index is 5.66. The molecular formula is C15H19N3O2. The van der Waals surface area contributed by atoms with Crippen molar-refractivity contribution in [2.45, 2.75) is 20.4 Å². The predicted molar refractivity (Wildman–Crippen MR) is 77.2 cm³/mol. The molecular weight excluding hydrogens is 254 g/mol. The van der Waals surface area contributed by atoms with Gasteiger partial charge in [-0.15, -0.1) is 0 Å². The van der Waals surface area contributed by atoms with Gasteiger partial charge in [-0.1, -0.05) is 6.07 Å². The Balaban J connectivity index is 2.13. The highest BCUT2D eigenvalue weighted by atomic mass is 16.5. The lowest BCUT2D eigenvalue weighted by Gasteiger charge is -2.09. The fourth-order valence-corrected chi connectivity index (χ4v) is 1.78. The first-order chi connectivity index (χ1) is 9.72. The van der Waals surface area contributed by atoms with E-state index in [0.717, 1.165) is 23.6 Å². The van der Waals surface area contributed by atoms with Crippen molar-refractivity contribution in [3.05, 3.63) is 41.7 Å². The molecule has 0 aliphatic rings. The molecule has 1 aromatic heterocycles. The predicted octanol–water partition coefficient (Wildman–Crippen LogP) is 2.70. The summed E-state index contributed by atoms with van der Waals surface area (Å²) in [5, 5.41) is 3.08. The molecule has 0 saturated heterocycles. The van der Waals surface area contributed by atoms with Gasteiger partial charge in [0.1, 0.15) is 11.5 Å². The number of rotatable bonds is 6. The van der Waals surface area contributed by atoms with Crippen LogP contribution in [0.4, 0.5) is 0 Å². The number of aromatic nitrogens is 2. The van der Waals surface area contributed by atoms with Gasteiger partial charge in [0.15, 0.2) is 0 Å². The van der Waals surface area contributed by atoms with E-state index < -0.39 is 0 Å². The third-order valence-electron chi connectivity index (χ3n) is 2.75. The lowest BCUT2D eigenvalue weighted by Crippen LogP contribution is -2.08. The van der Waals surface area contributed by atoms with Crippen molar-refractivity contribution in [2.75, 3.05) is 13.7 Å². The summed E-state index contributed by atoms with van der Waals surface area (Å²) in [5.74, 6) is 1.44. The first-order valence-corrected chi connectivity index (χ1v) is 6.60. The highest BCUT2D eigenvalue weighted by Gasteiger charge is 2.05. The second kappa shape index (κ2) is 6.86. The molecule has 1 heterocycles. The van der Waals surface area contributed by atoms with E-state index in [1.54, 1.807) is 6.20 Å². The fourth-order valence-electron chi connectivity index (χ4n) is 1.78. The Morgan fingerprint density at radius 2 is 2.05 bits per heavy atom. The van der Waals surface area contributed by atoms with Gasteiger partial charge in [0.2, 0.25) is 0 Å². The van der Waals surface area contributed by atoms with Gasteiger partial charge in [0.05, 0.1) is 6.61 Å². The number of aryl methyl sites for hydroxylation is 1. The summed E-state index contributed by atoms with van der Waals surface area (Å²) in [6, 6.07) is 7.78. The molecule has 0 bridgehead atoms. The third kappa shape index (κ3) is 3.68. The van der Waals surface area contributed by atoms with Crippen molar-refractivity contribution in [1.82, 2.24) is 15.3 Å². The Bertz CT molecular complexity index is 573. The summed E-state index contributed by atoms with van der Waals surface area (Å²) in [5.41, 5.74) is 1.97. The maximum Gasteiger partial charge on any atom is 0.322 e. The van der Waals surface area contributed by atoms with Crippen LogP contribution in [-0.4, -0.2) is 23.6 Å². The molecule has 20 heavy (non-hydrogen) atoms. The molecule has 106 valence electrons. The fraction of sp³-hybridized carbons (Fsp3) is 0.333. The van der Waals surface area contributed by atoms with Gasteiger partial charge in [-0.3, -0.25) is 0 Å². The van der Waals surface area contributed by atoms with Gasteiger partial charge in [0.25, 0.3) is 0 Å². The van der Waals surface area contributed by atoms with Crippen molar-refractivity contribution in [2.24, 2.45) is 0 Å². The van der Waals surface area contributed by atoms with Crippen LogP contribution < -0.4 is 14.8 Å². The molecule has 0 unspecified atom stereocenters. The van der Waals surface area contributed by atoms with Crippen molar-refractivity contribution in [3.63, 3.8) is 0 Å². The molecule has 1 aromatic carbocycles. The van der Waals surface area contributed by atoms with E-state index in [-0.39, 0.29) is 0 Å². The monoisotopic (exact) mass is 273 g/mol. The van der Waals surface area contributed by atoms with Crippen LogP contribution in [0.2, 0.25) is 0 Å². The minimum atomic E-state index is 0.344. The standard InChI is InChI=1S/C15H19N3O2/c1-4-19-13-6-5-7-14(8-13)20-15-17-10-12(9-16-3)11(2)18-15/h5-8,10,16H,4,9H2,1-3H3. The topological polar surface area (TPSA) is 56.3 Å². The number of benzene rings is 1. The summed E-state index contributed by atoms with van der Waals surface area (Å²) in [6.45, 7) is 5.25. The summed E-state index contributed by atoms with van der Waals surface area (Å²) < 4.78 is 11.1. The first kappa shape index (κ1) is 14.3. The Hall–Kier alpha value is -2.14. The smallest absolute Gasteiger partial charge is 0.322 e. The van der Waals surface area contributed by atoms with Gasteiger partial charge < -0.3 is 14.8 Å². The van der Waals surface area contributed by atoms with Gasteiger partial charge >= 0.3 is 6.01 Å². The van der Waals surface area contributed by atoms with E-state index in [2.05, 4.69) is 15.3 Å². The quantitative estimate of drug-likeness (QED) is 0.877. The van der Waals surface area contributed by atoms with Crippen molar-refractivity contribution >= 4 is 0 Å². The van der Waals surface area contributed by atoms with Crippen LogP contribution in [0.1, 0.15) is 18.2 Å². The number of nitrogens with one attached hydrogen (secondary N) is 1. The van der Waals surface area contributed by atoms with Crippen LogP contribution in [0.5, 0.6) is 17.5 Å². The minimum absolute atomic E-state index is 0.344. The lowest BCUT2D eigenvalue weighted by molar-refractivity contribution is 0.337. The molecule has 0 atom stereocenters. The number of hydrogen-bond acceptors (Lipinski definition) is 5. The summed E-state index contributed by atoms with van der Waals surface area (Å²) in [7, 11) is 1.89. The summed E-state index contributed by atoms with van der Waals surface area (Å²) >= 11 is 0. The number of ether oxygens (including phenoxy) is 2. The maximum atomic E-state index is 5.66. The highest BCUT2D eigenvalue weighted by Crippen LogP contribution is 2.23. The van der Waals surface area contributed by atoms with Crippen LogP contribution in [0.25, 0.3) is 0 Å². The second-order valence-corrected chi connectivity index (χ2v) is 4.30. The van der Waals surface area contributed by atoms with E-state index in [9.17, 15) is 0 Å². The molecule has 2 rings (SSSR count). The molecule has 0 aliphatic carbocycles. The zero-order valence-corrected chi connectivity index (χ0v) is 12.0. The average Bonchev–Trinajstić information content (AvgIpc) is 2.43. The third-order valence-corrected chi connectivity index (χ3v) is 2.75. The Labute approximate surface area is 119 Å². The van der Waals surface area contributed by atoms with Gasteiger partial charge in [0, 0.05) is 30.1 Å². The van der Waals surface area contributed by atoms with Crippen LogP contribution in [0.3, 0.4) is 0 Å². The molecule has 5 heteroatoms. The van der Waals surface area contributed by atoms with Gasteiger partial charge in [-0.2, -0.15) is 4.98 Å². The van der Waals surface area contributed by atoms with Crippen molar-refractivity contribution in [1.29, 1.82) is 0 Å². The molecule has 2 aromatic rings. The summed E-state index contributed by atoms with van der Waals surface area (Å²) in [4.78, 5) is 8.56. The Kier molecular flexibility index (Phi) is 4.90. The zero-order valence-electron chi connectivity index (χ0n) is 12.0. The molecule has 5 nitrogen and oxygen atoms in total. The average molecular weight is 273 g/mol. The van der Waals surface area contributed by atoms with Crippen LogP contribution in [0.15, 0.2) is 30.5 Å². The van der Waals surface area contributed by atoms with E-state index in [4.69, 9.17) is 9.47 Å². The molecule has 0 radical (unpaired) electrons. The highest BCUT2D eigenvalue weighted by molar-refractivity contribution is 5.34. The van der Waals surface area contributed by atoms with E-state index >= 15 is 0 Å². The zero-order chi connectivity index (χ0) is 14.4. The SMILES string of the molecule is CCOc1cccc(Oc2ncc(CNC)c(C)n2)c1. The molecule has 0 saturated carbocycles. The van der Waals surface area contributed by atoms with E-state index in [0.29, 0.717) is 18.4 Å². The van der Waals surface area contributed by atoms with Crippen molar-refractivity contribution in [3.8, 4) is 17.5 Å². The normalized spacial score (nSPS) is 10.3. The lowest BCUT2D eigenvalue weighted by atomic mass is 10.2. The molecule has 1 N–H and O–H groups in total. The summed E-state index contributed by atoms with van der Waals surface area (Å²) in [6.07, 6.45) is 1.78. The molecule has 0 aliphatic heterocycles. The van der Waals surface area contributed by atoms with E-state index in [1.807, 2.05) is 45.2 Å². The van der Waals surface area contributed by atoms with Gasteiger partial charge in [-0.05, 0) is 33.0 Å². The van der Waals surface area contributed by atoms with E-state index in [1.165, 1.54) is 0 Å². The number of hydrogen-bond donors (Lipinski definition) is 1. The number of nitrogens with zero attached hydrogens (tertiary/aromatic N) is 2. The molecule has 0 fully saturated rings. The largest absolute Gasteiger partial charge is 0.494 e. The first-order valence-electron chi connectivity index (χ1n) is 6.60. The second-order valence-electron chi connectivity index (χ2n) is 4.30. The Morgan fingerprint density at radius 1 is 1.25 bits per heavy atom. The molecule has 0 amide bonds. The minimum Gasteiger partial charge on any atom is -0.494 e. The van der Waals surface area contributed by atoms with Crippen LogP contribution in [-0.2, 0) is 6.54 Å².